The van der Waals surface area contributed by atoms with E-state index in [0.717, 1.165) is 24.2 Å². The number of aromatic carboxylic acids is 1. The number of hydrogen-bond donors (Lipinski definition) is 2. The van der Waals surface area contributed by atoms with E-state index in [1.807, 2.05) is 13.8 Å². The van der Waals surface area contributed by atoms with Crippen LogP contribution >= 0.6 is 11.3 Å². The minimum atomic E-state index is -0.982. The van der Waals surface area contributed by atoms with Crippen molar-refractivity contribution >= 4 is 28.3 Å². The van der Waals surface area contributed by atoms with Gasteiger partial charge in [-0.25, -0.2) is 9.78 Å². The largest absolute Gasteiger partial charge is 0.477 e. The normalized spacial score (nSPS) is 16.1. The van der Waals surface area contributed by atoms with Gasteiger partial charge in [0.05, 0.1) is 5.69 Å². The van der Waals surface area contributed by atoms with Gasteiger partial charge in [-0.05, 0) is 24.7 Å². The van der Waals surface area contributed by atoms with Gasteiger partial charge in [-0.1, -0.05) is 44.4 Å². The molecule has 0 spiro atoms. The van der Waals surface area contributed by atoms with Crippen molar-refractivity contribution in [1.29, 1.82) is 0 Å². The maximum Gasteiger partial charge on any atom is 0.347 e. The number of nitrogens with zero attached hydrogens (tertiary/aromatic N) is 1. The Kier molecular flexibility index (Phi) is 5.33. The molecule has 1 aromatic rings. The van der Waals surface area contributed by atoms with E-state index in [9.17, 15) is 14.7 Å². The highest BCUT2D eigenvalue weighted by molar-refractivity contribution is 7.17. The SMILES string of the molecule is CC(C)c1nc(NC(=O)CC2CCCCC2)sc1C(=O)O. The lowest BCUT2D eigenvalue weighted by molar-refractivity contribution is -0.117. The molecule has 0 saturated heterocycles. The van der Waals surface area contributed by atoms with E-state index in [1.54, 1.807) is 0 Å². The van der Waals surface area contributed by atoms with E-state index < -0.39 is 5.97 Å². The lowest BCUT2D eigenvalue weighted by atomic mass is 9.87. The first-order valence-electron chi connectivity index (χ1n) is 7.51. The number of thiazole rings is 1. The summed E-state index contributed by atoms with van der Waals surface area (Å²) < 4.78 is 0. The Morgan fingerprint density at radius 3 is 2.52 bits per heavy atom. The number of carboxylic acid groups (broad SMARTS) is 1. The fraction of sp³-hybridized carbons (Fsp3) is 0.667. The number of carbonyl (C=O) groups excluding carboxylic acids is 1. The van der Waals surface area contributed by atoms with Crippen LogP contribution in [0, 0.1) is 5.92 Å². The summed E-state index contributed by atoms with van der Waals surface area (Å²) in [6, 6.07) is 0. The van der Waals surface area contributed by atoms with Crippen LogP contribution in [0.1, 0.15) is 73.7 Å². The second kappa shape index (κ2) is 7.02. The molecule has 1 fully saturated rings. The molecule has 1 saturated carbocycles. The smallest absolute Gasteiger partial charge is 0.347 e. The predicted octanol–water partition coefficient (Wildman–Crippen LogP) is 3.87. The maximum absolute atomic E-state index is 12.0. The van der Waals surface area contributed by atoms with E-state index in [1.165, 1.54) is 19.3 Å². The summed E-state index contributed by atoms with van der Waals surface area (Å²) in [5, 5.41) is 12.3. The van der Waals surface area contributed by atoms with Gasteiger partial charge in [-0.2, -0.15) is 0 Å². The molecule has 0 bridgehead atoms. The van der Waals surface area contributed by atoms with Gasteiger partial charge in [0.25, 0.3) is 0 Å². The highest BCUT2D eigenvalue weighted by Crippen LogP contribution is 2.30. The third-order valence-corrected chi connectivity index (χ3v) is 4.81. The van der Waals surface area contributed by atoms with Gasteiger partial charge in [0.2, 0.25) is 5.91 Å². The third-order valence-electron chi connectivity index (χ3n) is 3.84. The zero-order valence-corrected chi connectivity index (χ0v) is 13.3. The van der Waals surface area contributed by atoms with Gasteiger partial charge in [0.15, 0.2) is 5.13 Å². The molecule has 1 aliphatic rings. The summed E-state index contributed by atoms with van der Waals surface area (Å²) in [4.78, 5) is 27.7. The lowest BCUT2D eigenvalue weighted by Gasteiger charge is -2.20. The van der Waals surface area contributed by atoms with Crippen LogP contribution in [0.3, 0.4) is 0 Å². The summed E-state index contributed by atoms with van der Waals surface area (Å²) in [5.74, 6) is -0.551. The second-order valence-electron chi connectivity index (χ2n) is 5.95. The van der Waals surface area contributed by atoms with Crippen LogP contribution in [0.5, 0.6) is 0 Å². The Bertz CT molecular complexity index is 519. The van der Waals surface area contributed by atoms with Crippen molar-refractivity contribution < 1.29 is 14.7 Å². The summed E-state index contributed by atoms with van der Waals surface area (Å²) in [5.41, 5.74) is 0.542. The van der Waals surface area contributed by atoms with Gasteiger partial charge in [0.1, 0.15) is 4.88 Å². The highest BCUT2D eigenvalue weighted by atomic mass is 32.1. The number of amides is 1. The van der Waals surface area contributed by atoms with Crippen LogP contribution in [0.25, 0.3) is 0 Å². The van der Waals surface area contributed by atoms with Crippen molar-refractivity contribution in [2.75, 3.05) is 5.32 Å². The average Bonchev–Trinajstić information content (AvgIpc) is 2.84. The van der Waals surface area contributed by atoms with Gasteiger partial charge in [0, 0.05) is 6.42 Å². The first-order valence-corrected chi connectivity index (χ1v) is 8.33. The van der Waals surface area contributed by atoms with Gasteiger partial charge in [-0.3, -0.25) is 4.79 Å². The summed E-state index contributed by atoms with van der Waals surface area (Å²) in [6.07, 6.45) is 6.42. The zero-order valence-electron chi connectivity index (χ0n) is 12.5. The fourth-order valence-electron chi connectivity index (χ4n) is 2.75. The number of aromatic nitrogens is 1. The van der Waals surface area contributed by atoms with Crippen LogP contribution in [0.2, 0.25) is 0 Å². The minimum absolute atomic E-state index is 0.0244. The third kappa shape index (κ3) is 4.27. The molecule has 2 N–H and O–H groups in total. The van der Waals surface area contributed by atoms with Crippen molar-refractivity contribution in [3.05, 3.63) is 10.6 Å². The molecule has 116 valence electrons. The molecular weight excluding hydrogens is 288 g/mol. The number of hydrogen-bond acceptors (Lipinski definition) is 4. The molecule has 1 amide bonds. The van der Waals surface area contributed by atoms with Crippen molar-refractivity contribution in [3.8, 4) is 0 Å². The Morgan fingerprint density at radius 1 is 1.33 bits per heavy atom. The van der Waals surface area contributed by atoms with E-state index in [-0.39, 0.29) is 16.7 Å². The van der Waals surface area contributed by atoms with Crippen LogP contribution in [0.4, 0.5) is 5.13 Å². The summed E-state index contributed by atoms with van der Waals surface area (Å²) in [6.45, 7) is 3.80. The quantitative estimate of drug-likeness (QED) is 0.865. The van der Waals surface area contributed by atoms with Crippen LogP contribution in [-0.4, -0.2) is 22.0 Å². The first-order chi connectivity index (χ1) is 9.97. The molecule has 1 aromatic heterocycles. The molecule has 0 aliphatic heterocycles. The van der Waals surface area contributed by atoms with Crippen molar-refractivity contribution in [3.63, 3.8) is 0 Å². The van der Waals surface area contributed by atoms with E-state index in [0.29, 0.717) is 23.2 Å². The molecule has 1 heterocycles. The zero-order chi connectivity index (χ0) is 15.4. The molecule has 0 aromatic carbocycles. The average molecular weight is 310 g/mol. The summed E-state index contributed by atoms with van der Waals surface area (Å²) in [7, 11) is 0. The molecule has 1 aliphatic carbocycles. The monoisotopic (exact) mass is 310 g/mol. The fourth-order valence-corrected chi connectivity index (χ4v) is 3.73. The molecule has 5 nitrogen and oxygen atoms in total. The molecule has 0 atom stereocenters. The van der Waals surface area contributed by atoms with Crippen LogP contribution in [-0.2, 0) is 4.79 Å². The number of carboxylic acids is 1. The van der Waals surface area contributed by atoms with Crippen molar-refractivity contribution in [1.82, 2.24) is 4.98 Å². The molecular formula is C15H22N2O3S. The van der Waals surface area contributed by atoms with Gasteiger partial charge < -0.3 is 10.4 Å². The number of anilines is 1. The molecule has 21 heavy (non-hydrogen) atoms. The topological polar surface area (TPSA) is 79.3 Å². The number of carbonyl (C=O) groups is 2. The molecule has 0 unspecified atom stereocenters. The first kappa shape index (κ1) is 15.9. The van der Waals surface area contributed by atoms with E-state index >= 15 is 0 Å². The van der Waals surface area contributed by atoms with Crippen LogP contribution in [0.15, 0.2) is 0 Å². The predicted molar refractivity (Wildman–Crippen MR) is 83.0 cm³/mol. The standard InChI is InChI=1S/C15H22N2O3S/c1-9(2)12-13(14(19)20)21-15(17-12)16-11(18)8-10-6-4-3-5-7-10/h9-10H,3-8H2,1-2H3,(H,19,20)(H,16,17,18). The Labute approximate surface area is 128 Å². The van der Waals surface area contributed by atoms with Crippen molar-refractivity contribution in [2.45, 2.75) is 58.3 Å². The Hall–Kier alpha value is -1.43. The number of nitrogens with one attached hydrogen (secondary N) is 1. The minimum Gasteiger partial charge on any atom is -0.477 e. The van der Waals surface area contributed by atoms with E-state index in [4.69, 9.17) is 0 Å². The van der Waals surface area contributed by atoms with Crippen molar-refractivity contribution in [2.24, 2.45) is 5.92 Å². The Balaban J connectivity index is 2.00. The maximum atomic E-state index is 12.0. The lowest BCUT2D eigenvalue weighted by Crippen LogP contribution is -2.18. The molecule has 0 radical (unpaired) electrons. The van der Waals surface area contributed by atoms with Gasteiger partial charge >= 0.3 is 5.97 Å². The summed E-state index contributed by atoms with van der Waals surface area (Å²) >= 11 is 1.04. The van der Waals surface area contributed by atoms with Crippen LogP contribution < -0.4 is 5.32 Å². The van der Waals surface area contributed by atoms with Gasteiger partial charge in [-0.15, -0.1) is 0 Å². The highest BCUT2D eigenvalue weighted by Gasteiger charge is 2.22. The number of rotatable bonds is 5. The molecule has 2 rings (SSSR count). The second-order valence-corrected chi connectivity index (χ2v) is 6.95. The Morgan fingerprint density at radius 2 is 2.00 bits per heavy atom. The van der Waals surface area contributed by atoms with E-state index in [2.05, 4.69) is 10.3 Å². The molecule has 6 heteroatoms.